The lowest BCUT2D eigenvalue weighted by molar-refractivity contribution is 0.648. The first kappa shape index (κ1) is 19.1. The maximum atomic E-state index is 4.45. The Labute approximate surface area is 172 Å². The number of rotatable bonds is 5. The van der Waals surface area contributed by atoms with Crippen molar-refractivity contribution in [1.82, 2.24) is 20.4 Å². The number of aliphatic imine (C=N–C) groups is 1. The number of benzene rings is 2. The lowest BCUT2D eigenvalue weighted by Crippen LogP contribution is -2.44. The quantitative estimate of drug-likeness (QED) is 0.521. The fourth-order valence-corrected chi connectivity index (χ4v) is 3.62. The summed E-state index contributed by atoms with van der Waals surface area (Å²) in [5.74, 6) is 0.827. The third kappa shape index (κ3) is 4.77. The van der Waals surface area contributed by atoms with Gasteiger partial charge in [0.05, 0.1) is 11.9 Å². The summed E-state index contributed by atoms with van der Waals surface area (Å²) < 4.78 is 1.89. The molecule has 1 unspecified atom stereocenters. The van der Waals surface area contributed by atoms with Gasteiger partial charge in [0.15, 0.2) is 5.96 Å². The van der Waals surface area contributed by atoms with Gasteiger partial charge in [0.25, 0.3) is 0 Å². The van der Waals surface area contributed by atoms with Crippen LogP contribution in [0.2, 0.25) is 0 Å². The number of guanidine groups is 1. The van der Waals surface area contributed by atoms with E-state index in [1.807, 2.05) is 54.5 Å². The van der Waals surface area contributed by atoms with E-state index in [1.165, 1.54) is 11.3 Å². The molecule has 0 saturated carbocycles. The van der Waals surface area contributed by atoms with E-state index in [0.717, 1.165) is 36.7 Å². The molecule has 1 saturated heterocycles. The lowest BCUT2D eigenvalue weighted by Gasteiger charge is -2.20. The van der Waals surface area contributed by atoms with E-state index in [9.17, 15) is 0 Å². The van der Waals surface area contributed by atoms with Gasteiger partial charge in [0.1, 0.15) is 0 Å². The second-order valence-corrected chi connectivity index (χ2v) is 7.47. The number of anilines is 1. The van der Waals surface area contributed by atoms with Crippen LogP contribution in [0.5, 0.6) is 0 Å². The molecule has 29 heavy (non-hydrogen) atoms. The van der Waals surface area contributed by atoms with E-state index in [0.29, 0.717) is 12.6 Å². The van der Waals surface area contributed by atoms with Crippen molar-refractivity contribution < 1.29 is 0 Å². The van der Waals surface area contributed by atoms with Crippen LogP contribution in [0.1, 0.15) is 17.5 Å². The topological polar surface area (TPSA) is 57.5 Å². The highest BCUT2D eigenvalue weighted by atomic mass is 15.3. The second kappa shape index (κ2) is 8.82. The van der Waals surface area contributed by atoms with Crippen molar-refractivity contribution >= 4 is 11.6 Å². The van der Waals surface area contributed by atoms with Gasteiger partial charge in [0.2, 0.25) is 0 Å². The Hall–Kier alpha value is -3.28. The Balaban J connectivity index is 1.29. The Morgan fingerprint density at radius 1 is 1.10 bits per heavy atom. The number of nitrogens with zero attached hydrogens (tertiary/aromatic N) is 4. The standard InChI is InChI=1S/C23H28N6/c1-18-8-10-21(11-9-18)28-13-12-20(17-28)27-23(24-2)25-14-19-15-26-29(16-19)22-6-4-3-5-7-22/h3-11,15-16,20H,12-14,17H2,1-2H3,(H2,24,25,27). The van der Waals surface area contributed by atoms with Crippen molar-refractivity contribution in [2.24, 2.45) is 4.99 Å². The first-order valence-corrected chi connectivity index (χ1v) is 10.1. The molecule has 1 atom stereocenters. The lowest BCUT2D eigenvalue weighted by atomic mass is 10.2. The minimum Gasteiger partial charge on any atom is -0.369 e. The molecule has 3 aromatic rings. The van der Waals surface area contributed by atoms with E-state index in [2.05, 4.69) is 56.8 Å². The number of hydrogen-bond donors (Lipinski definition) is 2. The van der Waals surface area contributed by atoms with Gasteiger partial charge in [0, 0.05) is 50.2 Å². The molecule has 2 heterocycles. The van der Waals surface area contributed by atoms with E-state index in [-0.39, 0.29) is 0 Å². The molecule has 6 heteroatoms. The van der Waals surface area contributed by atoms with Crippen molar-refractivity contribution in [3.8, 4) is 5.69 Å². The predicted molar refractivity (Wildman–Crippen MR) is 119 cm³/mol. The van der Waals surface area contributed by atoms with Crippen LogP contribution < -0.4 is 15.5 Å². The van der Waals surface area contributed by atoms with Gasteiger partial charge in [-0.2, -0.15) is 5.10 Å². The highest BCUT2D eigenvalue weighted by Crippen LogP contribution is 2.20. The zero-order valence-corrected chi connectivity index (χ0v) is 17.0. The van der Waals surface area contributed by atoms with Gasteiger partial charge < -0.3 is 15.5 Å². The summed E-state index contributed by atoms with van der Waals surface area (Å²) >= 11 is 0. The maximum absolute atomic E-state index is 4.45. The van der Waals surface area contributed by atoms with Crippen molar-refractivity contribution in [3.05, 3.63) is 78.1 Å². The monoisotopic (exact) mass is 388 g/mol. The van der Waals surface area contributed by atoms with Gasteiger partial charge in [-0.15, -0.1) is 0 Å². The third-order valence-corrected chi connectivity index (χ3v) is 5.27. The fourth-order valence-electron chi connectivity index (χ4n) is 3.62. The van der Waals surface area contributed by atoms with E-state index >= 15 is 0 Å². The first-order valence-electron chi connectivity index (χ1n) is 10.1. The zero-order valence-electron chi connectivity index (χ0n) is 17.0. The summed E-state index contributed by atoms with van der Waals surface area (Å²) in [6, 6.07) is 19.3. The maximum Gasteiger partial charge on any atom is 0.191 e. The number of hydrogen-bond acceptors (Lipinski definition) is 3. The third-order valence-electron chi connectivity index (χ3n) is 5.27. The molecule has 1 aromatic heterocycles. The summed E-state index contributed by atoms with van der Waals surface area (Å²) in [7, 11) is 1.81. The normalized spacial score (nSPS) is 16.8. The van der Waals surface area contributed by atoms with Crippen molar-refractivity contribution in [3.63, 3.8) is 0 Å². The molecule has 2 aromatic carbocycles. The number of aryl methyl sites for hydroxylation is 1. The Morgan fingerprint density at radius 3 is 2.66 bits per heavy atom. The number of nitrogens with one attached hydrogen (secondary N) is 2. The first-order chi connectivity index (χ1) is 14.2. The minimum atomic E-state index is 0.384. The van der Waals surface area contributed by atoms with Gasteiger partial charge in [-0.05, 0) is 37.6 Å². The predicted octanol–water partition coefficient (Wildman–Crippen LogP) is 3.12. The van der Waals surface area contributed by atoms with Gasteiger partial charge in [-0.1, -0.05) is 35.9 Å². The van der Waals surface area contributed by atoms with Crippen LogP contribution in [0.25, 0.3) is 5.69 Å². The van der Waals surface area contributed by atoms with Crippen LogP contribution in [-0.4, -0.2) is 41.9 Å². The summed E-state index contributed by atoms with van der Waals surface area (Å²) in [5, 5.41) is 11.4. The summed E-state index contributed by atoms with van der Waals surface area (Å²) in [5.41, 5.74) is 4.76. The van der Waals surface area contributed by atoms with Crippen LogP contribution in [0.3, 0.4) is 0 Å². The van der Waals surface area contributed by atoms with Crippen LogP contribution >= 0.6 is 0 Å². The smallest absolute Gasteiger partial charge is 0.191 e. The number of aromatic nitrogens is 2. The van der Waals surface area contributed by atoms with Crippen LogP contribution in [0.15, 0.2) is 72.0 Å². The molecule has 2 N–H and O–H groups in total. The van der Waals surface area contributed by atoms with Crippen molar-refractivity contribution in [2.45, 2.75) is 25.9 Å². The van der Waals surface area contributed by atoms with Crippen LogP contribution in [0, 0.1) is 6.92 Å². The molecule has 1 aliphatic rings. The highest BCUT2D eigenvalue weighted by Gasteiger charge is 2.23. The highest BCUT2D eigenvalue weighted by molar-refractivity contribution is 5.80. The molecular weight excluding hydrogens is 360 g/mol. The van der Waals surface area contributed by atoms with Crippen LogP contribution in [-0.2, 0) is 6.54 Å². The van der Waals surface area contributed by atoms with Gasteiger partial charge in [-0.25, -0.2) is 4.68 Å². The molecule has 1 aliphatic heterocycles. The fraction of sp³-hybridized carbons (Fsp3) is 0.304. The minimum absolute atomic E-state index is 0.384. The molecule has 6 nitrogen and oxygen atoms in total. The molecule has 0 radical (unpaired) electrons. The molecule has 1 fully saturated rings. The van der Waals surface area contributed by atoms with Crippen molar-refractivity contribution in [2.75, 3.05) is 25.0 Å². The summed E-state index contributed by atoms with van der Waals surface area (Å²) in [4.78, 5) is 6.81. The molecular formula is C23H28N6. The van der Waals surface area contributed by atoms with Gasteiger partial charge in [-0.3, -0.25) is 4.99 Å². The summed E-state index contributed by atoms with van der Waals surface area (Å²) in [6.07, 6.45) is 5.03. The number of para-hydroxylation sites is 1. The molecule has 0 spiro atoms. The average molecular weight is 389 g/mol. The molecule has 0 bridgehead atoms. The Morgan fingerprint density at radius 2 is 1.90 bits per heavy atom. The zero-order chi connectivity index (χ0) is 20.1. The largest absolute Gasteiger partial charge is 0.369 e. The van der Waals surface area contributed by atoms with Crippen molar-refractivity contribution in [1.29, 1.82) is 0 Å². The van der Waals surface area contributed by atoms with E-state index in [1.54, 1.807) is 0 Å². The van der Waals surface area contributed by atoms with Gasteiger partial charge >= 0.3 is 0 Å². The van der Waals surface area contributed by atoms with E-state index < -0.39 is 0 Å². The van der Waals surface area contributed by atoms with E-state index in [4.69, 9.17) is 0 Å². The Kier molecular flexibility index (Phi) is 5.79. The SMILES string of the molecule is CN=C(NCc1cnn(-c2ccccc2)c1)NC1CCN(c2ccc(C)cc2)C1. The Bertz CT molecular complexity index is 945. The molecule has 150 valence electrons. The molecule has 0 aliphatic carbocycles. The summed E-state index contributed by atoms with van der Waals surface area (Å²) in [6.45, 7) is 4.84. The van der Waals surface area contributed by atoms with Crippen LogP contribution in [0.4, 0.5) is 5.69 Å². The molecule has 0 amide bonds. The average Bonchev–Trinajstić information content (AvgIpc) is 3.42. The second-order valence-electron chi connectivity index (χ2n) is 7.47. The molecule has 4 rings (SSSR count).